The first-order valence-electron chi connectivity index (χ1n) is 9.51. The molecule has 0 radical (unpaired) electrons. The summed E-state index contributed by atoms with van der Waals surface area (Å²) in [6.45, 7) is 5.42. The molecule has 146 valence electrons. The predicted molar refractivity (Wildman–Crippen MR) is 104 cm³/mol. The maximum atomic E-state index is 11.3. The summed E-state index contributed by atoms with van der Waals surface area (Å²) in [5, 5.41) is 15.5. The molecule has 0 aliphatic carbocycles. The van der Waals surface area contributed by atoms with E-state index in [-0.39, 0.29) is 6.04 Å². The third-order valence-electron chi connectivity index (χ3n) is 4.88. The molecule has 1 amide bonds. The van der Waals surface area contributed by atoms with Gasteiger partial charge in [-0.3, -0.25) is 4.90 Å². The molecule has 1 aliphatic rings. The van der Waals surface area contributed by atoms with Crippen LogP contribution in [0.1, 0.15) is 38.6 Å². The number of aromatic nitrogens is 2. The maximum absolute atomic E-state index is 11.3. The van der Waals surface area contributed by atoms with Gasteiger partial charge >= 0.3 is 6.09 Å². The van der Waals surface area contributed by atoms with Gasteiger partial charge in [-0.15, -0.1) is 0 Å². The summed E-state index contributed by atoms with van der Waals surface area (Å²) in [6, 6.07) is 11.6. The minimum absolute atomic E-state index is 0.354. The van der Waals surface area contributed by atoms with Crippen molar-refractivity contribution in [3.8, 4) is 17.1 Å². The van der Waals surface area contributed by atoms with Crippen LogP contribution in [-0.4, -0.2) is 39.4 Å². The monoisotopic (exact) mass is 381 g/mol. The number of carbonyl (C=O) groups is 1. The fourth-order valence-corrected chi connectivity index (χ4v) is 3.46. The Morgan fingerprint density at radius 1 is 1.29 bits per heavy atom. The molecule has 1 saturated heterocycles. The molecule has 0 bridgehead atoms. The number of nitrogens with zero attached hydrogens (tertiary/aromatic N) is 3. The standard InChI is InChI=1S/C21H23N3O4/c1-13(2)12-27-17-8-7-14-10-16(6-5-15(14)11-17)19-22-20(28-23-19)18-4-3-9-24(18)21(25)26/h5-8,10-11,13,18H,3-4,9,12H2,1-2H3,(H,25,26)/t18-/m0/s1. The van der Waals surface area contributed by atoms with Gasteiger partial charge in [-0.25, -0.2) is 4.79 Å². The molecule has 7 heteroatoms. The predicted octanol–water partition coefficient (Wildman–Crippen LogP) is 4.74. The maximum Gasteiger partial charge on any atom is 0.407 e. The second kappa shape index (κ2) is 7.50. The van der Waals surface area contributed by atoms with Gasteiger partial charge < -0.3 is 14.4 Å². The Morgan fingerprint density at radius 3 is 2.86 bits per heavy atom. The Morgan fingerprint density at radius 2 is 2.07 bits per heavy atom. The largest absolute Gasteiger partial charge is 0.493 e. The average molecular weight is 381 g/mol. The highest BCUT2D eigenvalue weighted by Crippen LogP contribution is 2.32. The quantitative estimate of drug-likeness (QED) is 0.687. The van der Waals surface area contributed by atoms with Crippen molar-refractivity contribution < 1.29 is 19.2 Å². The van der Waals surface area contributed by atoms with E-state index in [1.807, 2.05) is 36.4 Å². The van der Waals surface area contributed by atoms with Crippen molar-refractivity contribution in [1.82, 2.24) is 15.0 Å². The van der Waals surface area contributed by atoms with E-state index in [0.717, 1.165) is 28.5 Å². The molecule has 1 fully saturated rings. The average Bonchev–Trinajstić information content (AvgIpc) is 3.35. The third-order valence-corrected chi connectivity index (χ3v) is 4.88. The molecule has 1 atom stereocenters. The first-order valence-corrected chi connectivity index (χ1v) is 9.51. The second-order valence-corrected chi connectivity index (χ2v) is 7.52. The highest BCUT2D eigenvalue weighted by Gasteiger charge is 2.34. The lowest BCUT2D eigenvalue weighted by Gasteiger charge is -2.17. The molecule has 0 unspecified atom stereocenters. The van der Waals surface area contributed by atoms with Gasteiger partial charge in [0.05, 0.1) is 6.61 Å². The molecule has 0 saturated carbocycles. The van der Waals surface area contributed by atoms with Crippen LogP contribution in [0, 0.1) is 5.92 Å². The van der Waals surface area contributed by atoms with E-state index < -0.39 is 6.09 Å². The Bertz CT molecular complexity index is 998. The lowest BCUT2D eigenvalue weighted by molar-refractivity contribution is 0.131. The summed E-state index contributed by atoms with van der Waals surface area (Å²) >= 11 is 0. The van der Waals surface area contributed by atoms with Crippen LogP contribution in [0.2, 0.25) is 0 Å². The first-order chi connectivity index (χ1) is 13.5. The van der Waals surface area contributed by atoms with Gasteiger partial charge in [0.1, 0.15) is 11.8 Å². The smallest absolute Gasteiger partial charge is 0.407 e. The number of fused-ring (bicyclic) bond motifs is 1. The number of rotatable bonds is 5. The zero-order valence-corrected chi connectivity index (χ0v) is 16.0. The Kier molecular flexibility index (Phi) is 4.90. The molecule has 1 N–H and O–H groups in total. The Balaban J connectivity index is 1.57. The topological polar surface area (TPSA) is 88.7 Å². The molecule has 2 heterocycles. The van der Waals surface area contributed by atoms with E-state index in [4.69, 9.17) is 9.26 Å². The third kappa shape index (κ3) is 3.65. The molecule has 4 rings (SSSR count). The van der Waals surface area contributed by atoms with Crippen molar-refractivity contribution in [3.63, 3.8) is 0 Å². The summed E-state index contributed by atoms with van der Waals surface area (Å²) in [4.78, 5) is 17.2. The van der Waals surface area contributed by atoms with Crippen molar-refractivity contribution in [3.05, 3.63) is 42.3 Å². The minimum atomic E-state index is -0.955. The molecule has 28 heavy (non-hydrogen) atoms. The van der Waals surface area contributed by atoms with Crippen LogP contribution >= 0.6 is 0 Å². The number of hydrogen-bond acceptors (Lipinski definition) is 5. The molecular formula is C21H23N3O4. The van der Waals surface area contributed by atoms with Crippen molar-refractivity contribution in [2.75, 3.05) is 13.2 Å². The number of amides is 1. The zero-order chi connectivity index (χ0) is 19.7. The number of benzene rings is 2. The lowest BCUT2D eigenvalue weighted by Crippen LogP contribution is -2.28. The van der Waals surface area contributed by atoms with Gasteiger partial charge in [-0.2, -0.15) is 4.98 Å². The summed E-state index contributed by atoms with van der Waals surface area (Å²) in [7, 11) is 0. The van der Waals surface area contributed by atoms with E-state index >= 15 is 0 Å². The van der Waals surface area contributed by atoms with Gasteiger partial charge in [0.15, 0.2) is 0 Å². The number of carboxylic acid groups (broad SMARTS) is 1. The number of likely N-dealkylation sites (tertiary alicyclic amines) is 1. The highest BCUT2D eigenvalue weighted by molar-refractivity contribution is 5.87. The lowest BCUT2D eigenvalue weighted by atomic mass is 10.1. The van der Waals surface area contributed by atoms with Crippen LogP contribution in [0.25, 0.3) is 22.2 Å². The van der Waals surface area contributed by atoms with Gasteiger partial charge in [0.25, 0.3) is 0 Å². The van der Waals surface area contributed by atoms with Crippen LogP contribution in [0.5, 0.6) is 5.75 Å². The molecule has 1 aromatic heterocycles. The van der Waals surface area contributed by atoms with Gasteiger partial charge in [0.2, 0.25) is 11.7 Å². The molecule has 7 nitrogen and oxygen atoms in total. The summed E-state index contributed by atoms with van der Waals surface area (Å²) in [6.07, 6.45) is 0.542. The summed E-state index contributed by atoms with van der Waals surface area (Å²) in [5.74, 6) is 2.15. The minimum Gasteiger partial charge on any atom is -0.493 e. The van der Waals surface area contributed by atoms with E-state index in [2.05, 4.69) is 24.0 Å². The zero-order valence-electron chi connectivity index (χ0n) is 16.0. The van der Waals surface area contributed by atoms with Gasteiger partial charge in [0, 0.05) is 12.1 Å². The Labute approximate surface area is 162 Å². The summed E-state index contributed by atoms with van der Waals surface area (Å²) in [5.41, 5.74) is 0.832. The molecule has 0 spiro atoms. The van der Waals surface area contributed by atoms with Crippen LogP contribution in [0.4, 0.5) is 4.79 Å². The van der Waals surface area contributed by atoms with Crippen LogP contribution in [0.15, 0.2) is 40.9 Å². The molecular weight excluding hydrogens is 358 g/mol. The van der Waals surface area contributed by atoms with Crippen LogP contribution < -0.4 is 4.74 Å². The van der Waals surface area contributed by atoms with E-state index in [9.17, 15) is 9.90 Å². The van der Waals surface area contributed by atoms with Crippen molar-refractivity contribution >= 4 is 16.9 Å². The SMILES string of the molecule is CC(C)COc1ccc2cc(-c3noc([C@@H]4CCCN4C(=O)O)n3)ccc2c1. The van der Waals surface area contributed by atoms with Crippen molar-refractivity contribution in [2.45, 2.75) is 32.7 Å². The van der Waals surface area contributed by atoms with E-state index in [1.165, 1.54) is 4.90 Å². The molecule has 1 aliphatic heterocycles. The van der Waals surface area contributed by atoms with Crippen molar-refractivity contribution in [2.24, 2.45) is 5.92 Å². The first kappa shape index (κ1) is 18.3. The summed E-state index contributed by atoms with van der Waals surface area (Å²) < 4.78 is 11.2. The fraction of sp³-hybridized carbons (Fsp3) is 0.381. The van der Waals surface area contributed by atoms with E-state index in [0.29, 0.717) is 37.2 Å². The molecule has 3 aromatic rings. The number of ether oxygens (including phenoxy) is 1. The van der Waals surface area contributed by atoms with E-state index in [1.54, 1.807) is 0 Å². The van der Waals surface area contributed by atoms with Crippen LogP contribution in [-0.2, 0) is 0 Å². The van der Waals surface area contributed by atoms with Crippen molar-refractivity contribution in [1.29, 1.82) is 0 Å². The fourth-order valence-electron chi connectivity index (χ4n) is 3.46. The highest BCUT2D eigenvalue weighted by atomic mass is 16.5. The van der Waals surface area contributed by atoms with Gasteiger partial charge in [-0.05, 0) is 47.7 Å². The van der Waals surface area contributed by atoms with Crippen LogP contribution in [0.3, 0.4) is 0 Å². The number of hydrogen-bond donors (Lipinski definition) is 1. The molecule has 2 aromatic carbocycles. The Hall–Kier alpha value is -3.09. The second-order valence-electron chi connectivity index (χ2n) is 7.52. The van der Waals surface area contributed by atoms with Gasteiger partial charge in [-0.1, -0.05) is 37.2 Å². The normalized spacial score (nSPS) is 16.8.